The molecule has 1 aromatic heterocycles. The van der Waals surface area contributed by atoms with Crippen molar-refractivity contribution in [3.8, 4) is 6.07 Å². The molecule has 2 aromatic rings. The molecule has 2 heterocycles. The Hall–Kier alpha value is -1.90. The lowest BCUT2D eigenvalue weighted by Gasteiger charge is -2.34. The molecule has 0 unspecified atom stereocenters. The second kappa shape index (κ2) is 6.25. The number of aryl methyl sites for hydroxylation is 1. The average Bonchev–Trinajstić information content (AvgIpc) is 2.95. The summed E-state index contributed by atoms with van der Waals surface area (Å²) in [6.45, 7) is 7.22. The number of anilines is 1. The first-order chi connectivity index (χ1) is 10.2. The van der Waals surface area contributed by atoms with E-state index in [9.17, 15) is 0 Å². The third kappa shape index (κ3) is 3.41. The van der Waals surface area contributed by atoms with Gasteiger partial charge in [0, 0.05) is 43.8 Å². The standard InChI is InChI=1S/C16H18N4S/c1-13-11-18-16(21-13)20-8-6-19(7-9-20)12-15-4-2-14(10-17)3-5-15/h2-5,11H,6-9,12H2,1H3. The van der Waals surface area contributed by atoms with Gasteiger partial charge in [0.25, 0.3) is 0 Å². The fourth-order valence-electron chi connectivity index (χ4n) is 2.53. The maximum absolute atomic E-state index is 8.82. The molecule has 0 spiro atoms. The number of aromatic nitrogens is 1. The molecule has 0 radical (unpaired) electrons. The van der Waals surface area contributed by atoms with Crippen LogP contribution in [0.2, 0.25) is 0 Å². The second-order valence-electron chi connectivity index (χ2n) is 5.33. The van der Waals surface area contributed by atoms with Crippen LogP contribution in [0.5, 0.6) is 0 Å². The van der Waals surface area contributed by atoms with Crippen LogP contribution in [-0.4, -0.2) is 36.1 Å². The maximum atomic E-state index is 8.82. The lowest BCUT2D eigenvalue weighted by Crippen LogP contribution is -2.45. The van der Waals surface area contributed by atoms with Crippen LogP contribution in [0.1, 0.15) is 16.0 Å². The summed E-state index contributed by atoms with van der Waals surface area (Å²) >= 11 is 1.77. The molecule has 4 nitrogen and oxygen atoms in total. The fourth-order valence-corrected chi connectivity index (χ4v) is 3.34. The van der Waals surface area contributed by atoms with Gasteiger partial charge in [0.15, 0.2) is 5.13 Å². The lowest BCUT2D eigenvalue weighted by molar-refractivity contribution is 0.250. The topological polar surface area (TPSA) is 43.2 Å². The monoisotopic (exact) mass is 298 g/mol. The summed E-state index contributed by atoms with van der Waals surface area (Å²) in [6, 6.07) is 10.0. The Morgan fingerprint density at radius 3 is 2.48 bits per heavy atom. The van der Waals surface area contributed by atoms with Crippen LogP contribution in [0, 0.1) is 18.3 Å². The number of piperazine rings is 1. The molecule has 1 saturated heterocycles. The van der Waals surface area contributed by atoms with Crippen molar-refractivity contribution in [2.45, 2.75) is 13.5 Å². The van der Waals surface area contributed by atoms with Gasteiger partial charge in [-0.05, 0) is 24.6 Å². The Kier molecular flexibility index (Phi) is 4.18. The zero-order chi connectivity index (χ0) is 14.7. The summed E-state index contributed by atoms with van der Waals surface area (Å²) < 4.78 is 0. The summed E-state index contributed by atoms with van der Waals surface area (Å²) in [5, 5.41) is 9.96. The first-order valence-corrected chi connectivity index (χ1v) is 7.95. The minimum Gasteiger partial charge on any atom is -0.346 e. The van der Waals surface area contributed by atoms with Gasteiger partial charge in [-0.1, -0.05) is 12.1 Å². The van der Waals surface area contributed by atoms with Crippen molar-refractivity contribution in [3.63, 3.8) is 0 Å². The number of benzene rings is 1. The van der Waals surface area contributed by atoms with E-state index in [1.165, 1.54) is 10.4 Å². The van der Waals surface area contributed by atoms with Gasteiger partial charge in [-0.15, -0.1) is 11.3 Å². The minimum atomic E-state index is 0.725. The van der Waals surface area contributed by atoms with Crippen molar-refractivity contribution >= 4 is 16.5 Å². The van der Waals surface area contributed by atoms with Gasteiger partial charge in [0.1, 0.15) is 0 Å². The Balaban J connectivity index is 1.54. The molecule has 21 heavy (non-hydrogen) atoms. The molecule has 5 heteroatoms. The Labute approximate surface area is 129 Å². The van der Waals surface area contributed by atoms with Crippen LogP contribution in [0.4, 0.5) is 5.13 Å². The number of nitrogens with zero attached hydrogens (tertiary/aromatic N) is 4. The van der Waals surface area contributed by atoms with Crippen molar-refractivity contribution in [2.24, 2.45) is 0 Å². The summed E-state index contributed by atoms with van der Waals surface area (Å²) in [7, 11) is 0. The summed E-state index contributed by atoms with van der Waals surface area (Å²) in [5.74, 6) is 0. The van der Waals surface area contributed by atoms with Gasteiger partial charge in [0.05, 0.1) is 11.6 Å². The molecule has 0 saturated carbocycles. The minimum absolute atomic E-state index is 0.725. The van der Waals surface area contributed by atoms with Crippen LogP contribution >= 0.6 is 11.3 Å². The third-order valence-electron chi connectivity index (χ3n) is 3.74. The Bertz CT molecular complexity index is 633. The lowest BCUT2D eigenvalue weighted by atomic mass is 10.1. The molecule has 0 N–H and O–H groups in total. The molecule has 1 fully saturated rings. The van der Waals surface area contributed by atoms with Crippen LogP contribution in [-0.2, 0) is 6.54 Å². The van der Waals surface area contributed by atoms with Gasteiger partial charge >= 0.3 is 0 Å². The highest BCUT2D eigenvalue weighted by molar-refractivity contribution is 7.15. The number of hydrogen-bond donors (Lipinski definition) is 0. The largest absolute Gasteiger partial charge is 0.346 e. The molecule has 0 amide bonds. The molecule has 0 atom stereocenters. The first-order valence-electron chi connectivity index (χ1n) is 7.13. The van der Waals surface area contributed by atoms with Gasteiger partial charge in [-0.3, -0.25) is 4.90 Å². The smallest absolute Gasteiger partial charge is 0.185 e. The van der Waals surface area contributed by atoms with E-state index in [1.807, 2.05) is 18.3 Å². The SMILES string of the molecule is Cc1cnc(N2CCN(Cc3ccc(C#N)cc3)CC2)s1. The van der Waals surface area contributed by atoms with Gasteiger partial charge < -0.3 is 4.90 Å². The van der Waals surface area contributed by atoms with E-state index >= 15 is 0 Å². The summed E-state index contributed by atoms with van der Waals surface area (Å²) in [6.07, 6.45) is 1.95. The molecule has 0 aliphatic carbocycles. The van der Waals surface area contributed by atoms with Crippen LogP contribution < -0.4 is 4.90 Å². The highest BCUT2D eigenvalue weighted by atomic mass is 32.1. The number of hydrogen-bond acceptors (Lipinski definition) is 5. The zero-order valence-electron chi connectivity index (χ0n) is 12.1. The van der Waals surface area contributed by atoms with Crippen molar-refractivity contribution in [2.75, 3.05) is 31.1 Å². The van der Waals surface area contributed by atoms with E-state index in [0.717, 1.165) is 43.4 Å². The Morgan fingerprint density at radius 1 is 1.19 bits per heavy atom. The van der Waals surface area contributed by atoms with E-state index in [2.05, 4.69) is 39.9 Å². The fraction of sp³-hybridized carbons (Fsp3) is 0.375. The number of nitriles is 1. The molecule has 1 aliphatic heterocycles. The van der Waals surface area contributed by atoms with E-state index in [4.69, 9.17) is 5.26 Å². The van der Waals surface area contributed by atoms with Crippen LogP contribution in [0.3, 0.4) is 0 Å². The van der Waals surface area contributed by atoms with Crippen molar-refractivity contribution in [1.82, 2.24) is 9.88 Å². The average molecular weight is 298 g/mol. The predicted octanol–water partition coefficient (Wildman–Crippen LogP) is 2.65. The quantitative estimate of drug-likeness (QED) is 0.874. The normalized spacial score (nSPS) is 15.9. The maximum Gasteiger partial charge on any atom is 0.185 e. The summed E-state index contributed by atoms with van der Waals surface area (Å²) in [5.41, 5.74) is 2.00. The zero-order valence-corrected chi connectivity index (χ0v) is 12.9. The van der Waals surface area contributed by atoms with Gasteiger partial charge in [0.2, 0.25) is 0 Å². The molecule has 108 valence electrons. The number of thiazole rings is 1. The highest BCUT2D eigenvalue weighted by Gasteiger charge is 2.19. The number of rotatable bonds is 3. The van der Waals surface area contributed by atoms with E-state index in [-0.39, 0.29) is 0 Å². The predicted molar refractivity (Wildman–Crippen MR) is 85.5 cm³/mol. The van der Waals surface area contributed by atoms with E-state index < -0.39 is 0 Å². The van der Waals surface area contributed by atoms with Crippen molar-refractivity contribution < 1.29 is 0 Å². The van der Waals surface area contributed by atoms with Crippen molar-refractivity contribution in [1.29, 1.82) is 5.26 Å². The van der Waals surface area contributed by atoms with Gasteiger partial charge in [-0.2, -0.15) is 5.26 Å². The molecular formula is C16H18N4S. The van der Waals surface area contributed by atoms with Crippen LogP contribution in [0.25, 0.3) is 0 Å². The molecule has 1 aliphatic rings. The molecule has 1 aromatic carbocycles. The highest BCUT2D eigenvalue weighted by Crippen LogP contribution is 2.23. The van der Waals surface area contributed by atoms with E-state index in [0.29, 0.717) is 0 Å². The molecule has 0 bridgehead atoms. The Morgan fingerprint density at radius 2 is 1.90 bits per heavy atom. The van der Waals surface area contributed by atoms with Crippen LogP contribution in [0.15, 0.2) is 30.5 Å². The first kappa shape index (κ1) is 14.1. The van der Waals surface area contributed by atoms with E-state index in [1.54, 1.807) is 11.3 Å². The summed E-state index contributed by atoms with van der Waals surface area (Å²) in [4.78, 5) is 10.6. The third-order valence-corrected chi connectivity index (χ3v) is 4.71. The van der Waals surface area contributed by atoms with Crippen molar-refractivity contribution in [3.05, 3.63) is 46.5 Å². The molecule has 3 rings (SSSR count). The molecular weight excluding hydrogens is 280 g/mol. The van der Waals surface area contributed by atoms with Gasteiger partial charge in [-0.25, -0.2) is 4.98 Å². The second-order valence-corrected chi connectivity index (χ2v) is 6.54.